The lowest BCUT2D eigenvalue weighted by Gasteiger charge is -2.09. The minimum atomic E-state index is 0.209. The maximum absolute atomic E-state index is 5.37. The smallest absolute Gasteiger partial charge is 0.244 e. The summed E-state index contributed by atoms with van der Waals surface area (Å²) in [7, 11) is 1.66. The van der Waals surface area contributed by atoms with E-state index in [0.717, 1.165) is 13.0 Å². The highest BCUT2D eigenvalue weighted by atomic mass is 16.5. The highest BCUT2D eigenvalue weighted by Gasteiger charge is 2.29. The van der Waals surface area contributed by atoms with Crippen molar-refractivity contribution in [1.29, 1.82) is 0 Å². The van der Waals surface area contributed by atoms with Gasteiger partial charge in [-0.15, -0.1) is 0 Å². The molecule has 102 valence electrons. The number of hydrogen-bond acceptors (Lipinski definition) is 6. The number of methoxy groups -OCH3 is 1. The second-order valence-electron chi connectivity index (χ2n) is 4.60. The molecule has 0 aliphatic carbocycles. The van der Waals surface area contributed by atoms with Gasteiger partial charge in [-0.1, -0.05) is 12.1 Å². The molecule has 1 aliphatic rings. The van der Waals surface area contributed by atoms with Crippen molar-refractivity contribution in [2.45, 2.75) is 25.8 Å². The van der Waals surface area contributed by atoms with Crippen LogP contribution in [-0.4, -0.2) is 43.6 Å². The molecule has 1 aromatic heterocycles. The molecule has 6 nitrogen and oxygen atoms in total. The summed E-state index contributed by atoms with van der Waals surface area (Å²) in [5.74, 6) is 1.96. The number of nitrogens with one attached hydrogen (secondary N) is 1. The zero-order chi connectivity index (χ0) is 12.8. The third kappa shape index (κ3) is 3.51. The predicted octanol–water partition coefficient (Wildman–Crippen LogP) is 0.946. The highest BCUT2D eigenvalue weighted by molar-refractivity contribution is 4.98. The Kier molecular flexibility index (Phi) is 5.10. The minimum absolute atomic E-state index is 0.209. The summed E-state index contributed by atoms with van der Waals surface area (Å²) in [5, 5.41) is 7.35. The molecule has 2 atom stereocenters. The largest absolute Gasteiger partial charge is 0.382 e. The fourth-order valence-electron chi connectivity index (χ4n) is 2.07. The van der Waals surface area contributed by atoms with Crippen LogP contribution >= 0.6 is 0 Å². The molecule has 0 bridgehead atoms. The summed E-state index contributed by atoms with van der Waals surface area (Å²) in [6.07, 6.45) is 1.83. The lowest BCUT2D eigenvalue weighted by molar-refractivity contribution is 0.0714. The number of rotatable bonds is 7. The van der Waals surface area contributed by atoms with Crippen molar-refractivity contribution in [2.75, 3.05) is 33.5 Å². The van der Waals surface area contributed by atoms with Crippen molar-refractivity contribution in [3.8, 4) is 0 Å². The lowest BCUT2D eigenvalue weighted by atomic mass is 10.0. The highest BCUT2D eigenvalue weighted by Crippen LogP contribution is 2.27. The summed E-state index contributed by atoms with van der Waals surface area (Å²) >= 11 is 0. The molecule has 0 radical (unpaired) electrons. The van der Waals surface area contributed by atoms with Gasteiger partial charge >= 0.3 is 0 Å². The molecule has 0 amide bonds. The van der Waals surface area contributed by atoms with Crippen molar-refractivity contribution in [2.24, 2.45) is 5.92 Å². The van der Waals surface area contributed by atoms with Gasteiger partial charge in [-0.2, -0.15) is 4.98 Å². The number of ether oxygens (including phenoxy) is 2. The van der Waals surface area contributed by atoms with Crippen LogP contribution < -0.4 is 5.32 Å². The normalized spacial score (nSPS) is 23.7. The molecular weight excluding hydrogens is 234 g/mol. The second kappa shape index (κ2) is 6.82. The van der Waals surface area contributed by atoms with Crippen LogP contribution in [0.3, 0.4) is 0 Å². The Morgan fingerprint density at radius 2 is 2.28 bits per heavy atom. The van der Waals surface area contributed by atoms with Crippen molar-refractivity contribution >= 4 is 0 Å². The van der Waals surface area contributed by atoms with Gasteiger partial charge in [0.15, 0.2) is 5.82 Å². The molecule has 1 saturated heterocycles. The first-order valence-electron chi connectivity index (χ1n) is 6.44. The van der Waals surface area contributed by atoms with Crippen molar-refractivity contribution in [3.05, 3.63) is 11.7 Å². The van der Waals surface area contributed by atoms with Crippen molar-refractivity contribution in [3.63, 3.8) is 0 Å². The maximum atomic E-state index is 5.37. The van der Waals surface area contributed by atoms with Gasteiger partial charge < -0.3 is 19.3 Å². The van der Waals surface area contributed by atoms with E-state index in [2.05, 4.69) is 22.4 Å². The Hall–Kier alpha value is -0.980. The zero-order valence-electron chi connectivity index (χ0n) is 11.0. The van der Waals surface area contributed by atoms with E-state index >= 15 is 0 Å². The third-order valence-corrected chi connectivity index (χ3v) is 3.18. The summed E-state index contributed by atoms with van der Waals surface area (Å²) in [6.45, 7) is 5.02. The van der Waals surface area contributed by atoms with E-state index in [1.54, 1.807) is 7.11 Å². The van der Waals surface area contributed by atoms with E-state index in [0.29, 0.717) is 43.9 Å². The van der Waals surface area contributed by atoms with Crippen LogP contribution in [0.1, 0.15) is 31.1 Å². The maximum Gasteiger partial charge on any atom is 0.244 e. The molecule has 6 heteroatoms. The Labute approximate surface area is 107 Å². The van der Waals surface area contributed by atoms with E-state index in [1.165, 1.54) is 0 Å². The Bertz CT molecular complexity index is 356. The second-order valence-corrected chi connectivity index (χ2v) is 4.60. The molecule has 1 aliphatic heterocycles. The van der Waals surface area contributed by atoms with Crippen LogP contribution in [0, 0.1) is 5.92 Å². The predicted molar refractivity (Wildman–Crippen MR) is 65.2 cm³/mol. The van der Waals surface area contributed by atoms with Crippen LogP contribution in [0.25, 0.3) is 0 Å². The molecule has 0 saturated carbocycles. The SMILES string of the molecule is COCCOCCc1noc(C2NCCC2C)n1. The van der Waals surface area contributed by atoms with E-state index in [9.17, 15) is 0 Å². The Balaban J connectivity index is 1.75. The van der Waals surface area contributed by atoms with Gasteiger partial charge in [0.1, 0.15) is 0 Å². The van der Waals surface area contributed by atoms with Gasteiger partial charge in [-0.05, 0) is 18.9 Å². The first-order valence-corrected chi connectivity index (χ1v) is 6.44. The van der Waals surface area contributed by atoms with Gasteiger partial charge in [0, 0.05) is 13.5 Å². The fourth-order valence-corrected chi connectivity index (χ4v) is 2.07. The molecule has 2 unspecified atom stereocenters. The van der Waals surface area contributed by atoms with Crippen LogP contribution in [0.5, 0.6) is 0 Å². The Morgan fingerprint density at radius 3 is 3.00 bits per heavy atom. The summed E-state index contributed by atoms with van der Waals surface area (Å²) in [5.41, 5.74) is 0. The van der Waals surface area contributed by atoms with Gasteiger partial charge in [-0.25, -0.2) is 0 Å². The average Bonchev–Trinajstić information content (AvgIpc) is 2.97. The van der Waals surface area contributed by atoms with Crippen LogP contribution in [0.4, 0.5) is 0 Å². The molecule has 1 fully saturated rings. The summed E-state index contributed by atoms with van der Waals surface area (Å²) < 4.78 is 15.6. The van der Waals surface area contributed by atoms with Crippen molar-refractivity contribution in [1.82, 2.24) is 15.5 Å². The van der Waals surface area contributed by atoms with Gasteiger partial charge in [0.2, 0.25) is 5.89 Å². The number of nitrogens with zero attached hydrogens (tertiary/aromatic N) is 2. The van der Waals surface area contributed by atoms with Gasteiger partial charge in [-0.3, -0.25) is 0 Å². The topological polar surface area (TPSA) is 69.4 Å². The lowest BCUT2D eigenvalue weighted by Crippen LogP contribution is -2.16. The number of hydrogen-bond donors (Lipinski definition) is 1. The molecule has 1 N–H and O–H groups in total. The van der Waals surface area contributed by atoms with E-state index in [1.807, 2.05) is 0 Å². The van der Waals surface area contributed by atoms with Crippen LogP contribution in [0.2, 0.25) is 0 Å². The molecule has 18 heavy (non-hydrogen) atoms. The molecule has 0 spiro atoms. The fraction of sp³-hybridized carbons (Fsp3) is 0.833. The summed E-state index contributed by atoms with van der Waals surface area (Å²) in [6, 6.07) is 0.209. The monoisotopic (exact) mass is 255 g/mol. The molecule has 2 rings (SSSR count). The van der Waals surface area contributed by atoms with E-state index in [4.69, 9.17) is 14.0 Å². The van der Waals surface area contributed by atoms with Crippen LogP contribution in [-0.2, 0) is 15.9 Å². The number of aromatic nitrogens is 2. The summed E-state index contributed by atoms with van der Waals surface area (Å²) in [4.78, 5) is 4.41. The first-order chi connectivity index (χ1) is 8.81. The van der Waals surface area contributed by atoms with Gasteiger partial charge in [0.05, 0.1) is 25.9 Å². The third-order valence-electron chi connectivity index (χ3n) is 3.18. The minimum Gasteiger partial charge on any atom is -0.382 e. The van der Waals surface area contributed by atoms with E-state index < -0.39 is 0 Å². The molecular formula is C12H21N3O3. The molecule has 0 aromatic carbocycles. The average molecular weight is 255 g/mol. The van der Waals surface area contributed by atoms with Crippen LogP contribution in [0.15, 0.2) is 4.52 Å². The zero-order valence-corrected chi connectivity index (χ0v) is 11.0. The van der Waals surface area contributed by atoms with E-state index in [-0.39, 0.29) is 6.04 Å². The van der Waals surface area contributed by atoms with Crippen molar-refractivity contribution < 1.29 is 14.0 Å². The molecule has 2 heterocycles. The Morgan fingerprint density at radius 1 is 1.39 bits per heavy atom. The standard InChI is InChI=1S/C12H21N3O3/c1-9-3-5-13-11(9)12-14-10(15-18-12)4-6-17-8-7-16-2/h9,11,13H,3-8H2,1-2H3. The quantitative estimate of drug-likeness (QED) is 0.731. The van der Waals surface area contributed by atoms with Gasteiger partial charge in [0.25, 0.3) is 0 Å². The first kappa shape index (κ1) is 13.5. The molecule has 1 aromatic rings.